The summed E-state index contributed by atoms with van der Waals surface area (Å²) < 4.78 is 0. The summed E-state index contributed by atoms with van der Waals surface area (Å²) in [6.07, 6.45) is 2.85. The van der Waals surface area contributed by atoms with E-state index in [1.165, 1.54) is 0 Å². The van der Waals surface area contributed by atoms with Crippen molar-refractivity contribution in [2.45, 2.75) is 39.8 Å². The third kappa shape index (κ3) is 4.10. The van der Waals surface area contributed by atoms with Gasteiger partial charge in [-0.15, -0.1) is 0 Å². The first-order chi connectivity index (χ1) is 12.8. The average Bonchev–Trinajstić information content (AvgIpc) is 3.25. The van der Waals surface area contributed by atoms with Crippen molar-refractivity contribution in [2.75, 3.05) is 39.1 Å². The number of anilines is 1. The molecule has 3 heterocycles. The molecule has 0 aromatic carbocycles. The van der Waals surface area contributed by atoms with Crippen molar-refractivity contribution >= 4 is 11.7 Å². The molecule has 8 nitrogen and oxygen atoms in total. The zero-order chi connectivity index (χ0) is 19.7. The molecular formula is C19H29N7O. The Morgan fingerprint density at radius 2 is 2.00 bits per heavy atom. The first-order valence-electron chi connectivity index (χ1n) is 9.28. The number of carbonyl (C=O) groups excluding carboxylic acids is 1. The van der Waals surface area contributed by atoms with E-state index in [0.29, 0.717) is 12.6 Å². The molecule has 8 heteroatoms. The number of carbonyl (C=O) groups is 1. The Bertz CT molecular complexity index is 829. The van der Waals surface area contributed by atoms with Gasteiger partial charge in [-0.25, -0.2) is 15.0 Å². The zero-order valence-corrected chi connectivity index (χ0v) is 17.1. The second-order valence-electron chi connectivity index (χ2n) is 7.61. The molecule has 1 saturated heterocycles. The molecular weight excluding hydrogens is 342 g/mol. The first kappa shape index (κ1) is 19.3. The summed E-state index contributed by atoms with van der Waals surface area (Å²) in [5.74, 6) is 1.67. The molecule has 0 saturated carbocycles. The van der Waals surface area contributed by atoms with Gasteiger partial charge in [0.05, 0.1) is 6.54 Å². The van der Waals surface area contributed by atoms with Gasteiger partial charge in [-0.1, -0.05) is 0 Å². The fourth-order valence-electron chi connectivity index (χ4n) is 3.39. The maximum Gasteiger partial charge on any atom is 0.291 e. The van der Waals surface area contributed by atoms with E-state index < -0.39 is 0 Å². The molecule has 0 aliphatic carbocycles. The summed E-state index contributed by atoms with van der Waals surface area (Å²) in [6.45, 7) is 8.15. The number of H-pyrrole nitrogens is 1. The van der Waals surface area contributed by atoms with E-state index >= 15 is 0 Å². The molecule has 146 valence electrons. The third-order valence-electron chi connectivity index (χ3n) is 5.24. The molecule has 1 fully saturated rings. The summed E-state index contributed by atoms with van der Waals surface area (Å²) >= 11 is 0. The van der Waals surface area contributed by atoms with Gasteiger partial charge < -0.3 is 19.7 Å². The van der Waals surface area contributed by atoms with Crippen LogP contribution in [0.15, 0.2) is 6.20 Å². The second-order valence-corrected chi connectivity index (χ2v) is 7.61. The minimum absolute atomic E-state index is 0.197. The van der Waals surface area contributed by atoms with Crippen LogP contribution in [0, 0.1) is 20.8 Å². The van der Waals surface area contributed by atoms with Crippen molar-refractivity contribution in [3.05, 3.63) is 34.8 Å². The maximum atomic E-state index is 12.9. The summed E-state index contributed by atoms with van der Waals surface area (Å²) in [5, 5.41) is 0. The van der Waals surface area contributed by atoms with Gasteiger partial charge in [0.2, 0.25) is 5.82 Å². The van der Waals surface area contributed by atoms with E-state index in [0.717, 1.165) is 48.1 Å². The summed E-state index contributed by atoms with van der Waals surface area (Å²) in [6, 6.07) is 0.503. The van der Waals surface area contributed by atoms with Crippen LogP contribution in [0.2, 0.25) is 0 Å². The minimum Gasteiger partial charge on any atom is -0.355 e. The molecule has 1 aliphatic rings. The molecule has 1 amide bonds. The predicted molar refractivity (Wildman–Crippen MR) is 105 cm³/mol. The van der Waals surface area contributed by atoms with Crippen LogP contribution in [0.3, 0.4) is 0 Å². The monoisotopic (exact) mass is 371 g/mol. The molecule has 1 aliphatic heterocycles. The van der Waals surface area contributed by atoms with Gasteiger partial charge in [0, 0.05) is 49.3 Å². The highest BCUT2D eigenvalue weighted by atomic mass is 16.2. The van der Waals surface area contributed by atoms with Crippen molar-refractivity contribution < 1.29 is 4.79 Å². The number of aryl methyl sites for hydroxylation is 2. The molecule has 0 unspecified atom stereocenters. The Morgan fingerprint density at radius 3 is 2.59 bits per heavy atom. The van der Waals surface area contributed by atoms with Crippen LogP contribution >= 0.6 is 0 Å². The molecule has 1 atom stereocenters. The fourth-order valence-corrected chi connectivity index (χ4v) is 3.39. The van der Waals surface area contributed by atoms with E-state index in [4.69, 9.17) is 0 Å². The van der Waals surface area contributed by atoms with Crippen LogP contribution in [-0.2, 0) is 6.54 Å². The molecule has 3 rings (SSSR count). The number of hydrogen-bond donors (Lipinski definition) is 1. The molecule has 1 N–H and O–H groups in total. The number of hydrogen-bond acceptors (Lipinski definition) is 6. The van der Waals surface area contributed by atoms with Gasteiger partial charge in [0.15, 0.2) is 0 Å². The highest BCUT2D eigenvalue weighted by Crippen LogP contribution is 2.25. The van der Waals surface area contributed by atoms with Crippen LogP contribution in [-0.4, -0.2) is 75.9 Å². The number of likely N-dealkylation sites (N-methyl/N-ethyl adjacent to an activating group) is 1. The molecule has 2 aromatic rings. The minimum atomic E-state index is -0.197. The van der Waals surface area contributed by atoms with Gasteiger partial charge in [0.25, 0.3) is 5.91 Å². The Hall–Kier alpha value is -2.48. The number of aromatic amines is 1. The standard InChI is InChI=1S/C19H29N7O/c1-12-9-20-16(21-12)11-25(6)19(27)17-22-14(3)13(2)18(23-17)26-8-7-15(10-26)24(4)5/h9,15H,7-8,10-11H2,1-6H3,(H,20,21)/t15-/m1/s1. The van der Waals surface area contributed by atoms with Gasteiger partial charge in [-0.3, -0.25) is 4.79 Å². The van der Waals surface area contributed by atoms with E-state index in [1.54, 1.807) is 18.1 Å². The Labute approximate surface area is 160 Å². The van der Waals surface area contributed by atoms with Crippen LogP contribution in [0.5, 0.6) is 0 Å². The first-order valence-corrected chi connectivity index (χ1v) is 9.28. The van der Waals surface area contributed by atoms with Crippen LogP contribution in [0.4, 0.5) is 5.82 Å². The lowest BCUT2D eigenvalue weighted by Gasteiger charge is -2.23. The lowest BCUT2D eigenvalue weighted by atomic mass is 10.2. The second kappa shape index (κ2) is 7.64. The van der Waals surface area contributed by atoms with Gasteiger partial charge in [-0.05, 0) is 41.3 Å². The summed E-state index contributed by atoms with van der Waals surface area (Å²) in [4.78, 5) is 35.5. The lowest BCUT2D eigenvalue weighted by molar-refractivity contribution is 0.0769. The maximum absolute atomic E-state index is 12.9. The lowest BCUT2D eigenvalue weighted by Crippen LogP contribution is -2.33. The molecule has 0 bridgehead atoms. The average molecular weight is 371 g/mol. The van der Waals surface area contributed by atoms with Gasteiger partial charge in [0.1, 0.15) is 11.6 Å². The van der Waals surface area contributed by atoms with Crippen molar-refractivity contribution in [3.8, 4) is 0 Å². The van der Waals surface area contributed by atoms with E-state index in [1.807, 2.05) is 20.8 Å². The SMILES string of the molecule is Cc1cnc(CN(C)C(=O)c2nc(C)c(C)c(N3CC[C@@H](N(C)C)C3)n2)[nH]1. The predicted octanol–water partition coefficient (Wildman–Crippen LogP) is 1.54. The number of nitrogens with zero attached hydrogens (tertiary/aromatic N) is 6. The smallest absolute Gasteiger partial charge is 0.291 e. The topological polar surface area (TPSA) is 81.2 Å². The number of rotatable bonds is 5. The van der Waals surface area contributed by atoms with Crippen LogP contribution in [0.1, 0.15) is 39.8 Å². The Kier molecular flexibility index (Phi) is 5.46. The molecule has 0 spiro atoms. The molecule has 0 radical (unpaired) electrons. The van der Waals surface area contributed by atoms with Crippen molar-refractivity contribution in [3.63, 3.8) is 0 Å². The van der Waals surface area contributed by atoms with E-state index in [9.17, 15) is 4.79 Å². The van der Waals surface area contributed by atoms with E-state index in [2.05, 4.69) is 43.8 Å². The fraction of sp³-hybridized carbons (Fsp3) is 0.579. The number of aromatic nitrogens is 4. The quantitative estimate of drug-likeness (QED) is 0.859. The van der Waals surface area contributed by atoms with Crippen molar-refractivity contribution in [1.29, 1.82) is 0 Å². The number of imidazole rings is 1. The molecule has 2 aromatic heterocycles. The van der Waals surface area contributed by atoms with Gasteiger partial charge in [-0.2, -0.15) is 0 Å². The highest BCUT2D eigenvalue weighted by Gasteiger charge is 2.28. The van der Waals surface area contributed by atoms with Crippen LogP contribution < -0.4 is 4.90 Å². The number of amides is 1. The Morgan fingerprint density at radius 1 is 1.26 bits per heavy atom. The molecule has 27 heavy (non-hydrogen) atoms. The number of nitrogens with one attached hydrogen (secondary N) is 1. The van der Waals surface area contributed by atoms with Crippen molar-refractivity contribution in [1.82, 2.24) is 29.7 Å². The van der Waals surface area contributed by atoms with Gasteiger partial charge >= 0.3 is 0 Å². The normalized spacial score (nSPS) is 17.0. The largest absolute Gasteiger partial charge is 0.355 e. The van der Waals surface area contributed by atoms with E-state index in [-0.39, 0.29) is 11.7 Å². The van der Waals surface area contributed by atoms with Crippen molar-refractivity contribution in [2.24, 2.45) is 0 Å². The summed E-state index contributed by atoms with van der Waals surface area (Å²) in [7, 11) is 5.95. The summed E-state index contributed by atoms with van der Waals surface area (Å²) in [5.41, 5.74) is 2.86. The third-order valence-corrected chi connectivity index (χ3v) is 5.24. The zero-order valence-electron chi connectivity index (χ0n) is 17.1. The highest BCUT2D eigenvalue weighted by molar-refractivity contribution is 5.90. The van der Waals surface area contributed by atoms with Crippen LogP contribution in [0.25, 0.3) is 0 Å². The Balaban J connectivity index is 1.81.